The Morgan fingerprint density at radius 2 is 1.95 bits per heavy atom. The molecule has 0 radical (unpaired) electrons. The summed E-state index contributed by atoms with van der Waals surface area (Å²) in [5.41, 5.74) is 0.881. The van der Waals surface area contributed by atoms with Crippen LogP contribution in [0.1, 0.15) is 33.6 Å². The van der Waals surface area contributed by atoms with Crippen LogP contribution in [0.3, 0.4) is 0 Å². The van der Waals surface area contributed by atoms with E-state index in [4.69, 9.17) is 4.74 Å². The summed E-state index contributed by atoms with van der Waals surface area (Å²) in [6, 6.07) is 0. The predicted molar refractivity (Wildman–Crippen MR) is 89.8 cm³/mol. The highest BCUT2D eigenvalue weighted by molar-refractivity contribution is 6.83. The van der Waals surface area contributed by atoms with E-state index in [1.807, 2.05) is 6.08 Å². The lowest BCUT2D eigenvalue weighted by Gasteiger charge is -2.23. The van der Waals surface area contributed by atoms with Gasteiger partial charge in [0, 0.05) is 6.08 Å². The van der Waals surface area contributed by atoms with E-state index < -0.39 is 13.7 Å². The second kappa shape index (κ2) is 6.75. The lowest BCUT2D eigenvalue weighted by molar-refractivity contribution is -0.137. The van der Waals surface area contributed by atoms with Crippen molar-refractivity contribution < 1.29 is 14.6 Å². The summed E-state index contributed by atoms with van der Waals surface area (Å²) in [5.74, 6) is -0.310. The Bertz CT molecular complexity index is 485. The van der Waals surface area contributed by atoms with Gasteiger partial charge in [0.1, 0.15) is 0 Å². The Morgan fingerprint density at radius 3 is 2.43 bits per heavy atom. The first-order valence-corrected chi connectivity index (χ1v) is 11.1. The molecule has 1 N–H and O–H groups in total. The standard InChI is InChI=1S/C17H28O3Si/c1-7-20-16(18)11-13-8-9-15(21(4,5)6)12-14(10-13)17(2,3)19/h10-12,19H,7-9H2,1-6H3/b13-11+. The first-order chi connectivity index (χ1) is 9.54. The van der Waals surface area contributed by atoms with Crippen LogP contribution < -0.4 is 0 Å². The van der Waals surface area contributed by atoms with Crippen molar-refractivity contribution in [1.82, 2.24) is 0 Å². The predicted octanol–water partition coefficient (Wildman–Crippen LogP) is 3.77. The molecular weight excluding hydrogens is 280 g/mol. The SMILES string of the molecule is CCOC(=O)/C=C1/C=C(C(C)(C)O)C=C([Si](C)(C)C)CC1. The first-order valence-electron chi connectivity index (χ1n) is 7.57. The van der Waals surface area contributed by atoms with Gasteiger partial charge in [-0.25, -0.2) is 4.79 Å². The van der Waals surface area contributed by atoms with Gasteiger partial charge in [0.2, 0.25) is 0 Å². The molecule has 0 unspecified atom stereocenters. The third-order valence-corrected chi connectivity index (χ3v) is 5.93. The number of carbonyl (C=O) groups excluding carboxylic acids is 1. The van der Waals surface area contributed by atoms with Gasteiger partial charge in [-0.1, -0.05) is 37.0 Å². The number of ether oxygens (including phenoxy) is 1. The highest BCUT2D eigenvalue weighted by Gasteiger charge is 2.26. The monoisotopic (exact) mass is 308 g/mol. The molecular formula is C17H28O3Si. The molecule has 0 aromatic carbocycles. The van der Waals surface area contributed by atoms with Gasteiger partial charge in [0.15, 0.2) is 0 Å². The summed E-state index contributed by atoms with van der Waals surface area (Å²) in [5, 5.41) is 11.8. The summed E-state index contributed by atoms with van der Waals surface area (Å²) < 4.78 is 4.98. The molecule has 1 rings (SSSR count). The number of hydrogen-bond acceptors (Lipinski definition) is 3. The molecule has 0 heterocycles. The van der Waals surface area contributed by atoms with Crippen molar-refractivity contribution in [2.45, 2.75) is 58.9 Å². The van der Waals surface area contributed by atoms with Crippen molar-refractivity contribution in [2.75, 3.05) is 6.61 Å². The van der Waals surface area contributed by atoms with Gasteiger partial charge < -0.3 is 9.84 Å². The third kappa shape index (κ3) is 5.63. The summed E-state index contributed by atoms with van der Waals surface area (Å²) in [6.45, 7) is 12.7. The topological polar surface area (TPSA) is 46.5 Å². The molecule has 118 valence electrons. The van der Waals surface area contributed by atoms with Gasteiger partial charge in [0.25, 0.3) is 0 Å². The van der Waals surface area contributed by atoms with Gasteiger partial charge in [-0.2, -0.15) is 0 Å². The van der Waals surface area contributed by atoms with Gasteiger partial charge in [0.05, 0.1) is 20.3 Å². The summed E-state index contributed by atoms with van der Waals surface area (Å²) in [6.07, 6.45) is 7.38. The highest BCUT2D eigenvalue weighted by Crippen LogP contribution is 2.31. The van der Waals surface area contributed by atoms with Gasteiger partial charge >= 0.3 is 5.97 Å². The fourth-order valence-electron chi connectivity index (χ4n) is 2.25. The minimum absolute atomic E-state index is 0.310. The molecule has 0 aliphatic heterocycles. The van der Waals surface area contributed by atoms with Crippen molar-refractivity contribution in [3.63, 3.8) is 0 Å². The number of carbonyl (C=O) groups is 1. The third-order valence-electron chi connectivity index (χ3n) is 3.61. The molecule has 0 bridgehead atoms. The van der Waals surface area contributed by atoms with Crippen molar-refractivity contribution in [3.05, 3.63) is 34.6 Å². The van der Waals surface area contributed by atoms with Crippen molar-refractivity contribution in [3.8, 4) is 0 Å². The van der Waals surface area contributed by atoms with Crippen LogP contribution in [-0.4, -0.2) is 31.4 Å². The molecule has 1 aliphatic rings. The Hall–Kier alpha value is -1.13. The number of rotatable bonds is 4. The molecule has 1 aliphatic carbocycles. The van der Waals surface area contributed by atoms with E-state index in [0.29, 0.717) is 6.61 Å². The van der Waals surface area contributed by atoms with E-state index in [1.165, 1.54) is 5.20 Å². The van der Waals surface area contributed by atoms with E-state index >= 15 is 0 Å². The molecule has 0 fully saturated rings. The molecule has 0 saturated carbocycles. The number of hydrogen-bond donors (Lipinski definition) is 1. The normalized spacial score (nSPS) is 18.9. The molecule has 21 heavy (non-hydrogen) atoms. The van der Waals surface area contributed by atoms with E-state index in [9.17, 15) is 9.90 Å². The average Bonchev–Trinajstić information content (AvgIpc) is 2.50. The Balaban J connectivity index is 3.17. The molecule has 0 saturated heterocycles. The summed E-state index contributed by atoms with van der Waals surface area (Å²) in [4.78, 5) is 11.7. The fourth-order valence-corrected chi connectivity index (χ4v) is 3.71. The highest BCUT2D eigenvalue weighted by atomic mass is 28.3. The van der Waals surface area contributed by atoms with Crippen molar-refractivity contribution in [1.29, 1.82) is 0 Å². The van der Waals surface area contributed by atoms with E-state index in [2.05, 4.69) is 25.7 Å². The van der Waals surface area contributed by atoms with Crippen LogP contribution in [0, 0.1) is 0 Å². The van der Waals surface area contributed by atoms with Gasteiger partial charge in [-0.3, -0.25) is 0 Å². The molecule has 0 atom stereocenters. The summed E-state index contributed by atoms with van der Waals surface area (Å²) >= 11 is 0. The lowest BCUT2D eigenvalue weighted by atomic mass is 9.96. The molecule has 0 aromatic heterocycles. The van der Waals surface area contributed by atoms with Gasteiger partial charge in [-0.15, -0.1) is 0 Å². The quantitative estimate of drug-likeness (QED) is 0.488. The first kappa shape index (κ1) is 17.9. The molecule has 3 nitrogen and oxygen atoms in total. The van der Waals surface area contributed by atoms with Crippen molar-refractivity contribution >= 4 is 14.0 Å². The van der Waals surface area contributed by atoms with E-state index in [-0.39, 0.29) is 5.97 Å². The molecule has 4 heteroatoms. The zero-order valence-electron chi connectivity index (χ0n) is 14.1. The lowest BCUT2D eigenvalue weighted by Crippen LogP contribution is -2.26. The number of esters is 1. The van der Waals surface area contributed by atoms with Crippen LogP contribution in [0.4, 0.5) is 0 Å². The number of allylic oxidation sites excluding steroid dienone is 3. The largest absolute Gasteiger partial charge is 0.463 e. The maximum atomic E-state index is 11.7. The Kier molecular flexibility index (Phi) is 5.76. The van der Waals surface area contributed by atoms with Crippen LogP contribution in [0.2, 0.25) is 19.6 Å². The van der Waals surface area contributed by atoms with E-state index in [1.54, 1.807) is 26.8 Å². The molecule has 0 spiro atoms. The minimum Gasteiger partial charge on any atom is -0.463 e. The van der Waals surface area contributed by atoms with Crippen LogP contribution in [0.5, 0.6) is 0 Å². The summed E-state index contributed by atoms with van der Waals surface area (Å²) in [7, 11) is -1.43. The second-order valence-corrected chi connectivity index (χ2v) is 12.2. The van der Waals surface area contributed by atoms with E-state index in [0.717, 1.165) is 24.0 Å². The van der Waals surface area contributed by atoms with Crippen LogP contribution >= 0.6 is 0 Å². The number of aliphatic hydroxyl groups is 1. The van der Waals surface area contributed by atoms with Crippen LogP contribution in [0.25, 0.3) is 0 Å². The van der Waals surface area contributed by atoms with Crippen LogP contribution in [0.15, 0.2) is 34.6 Å². The maximum absolute atomic E-state index is 11.7. The fraction of sp³-hybridized carbons (Fsp3) is 0.588. The van der Waals surface area contributed by atoms with Crippen molar-refractivity contribution in [2.24, 2.45) is 0 Å². The molecule has 0 amide bonds. The maximum Gasteiger partial charge on any atom is 0.331 e. The second-order valence-electron chi connectivity index (χ2n) is 7.05. The minimum atomic E-state index is -1.43. The zero-order valence-corrected chi connectivity index (χ0v) is 15.1. The average molecular weight is 308 g/mol. The zero-order chi connectivity index (χ0) is 16.3. The van der Waals surface area contributed by atoms with Gasteiger partial charge in [-0.05, 0) is 44.8 Å². The Morgan fingerprint density at radius 1 is 1.33 bits per heavy atom. The Labute approximate surface area is 129 Å². The van der Waals surface area contributed by atoms with Crippen LogP contribution in [-0.2, 0) is 9.53 Å². The smallest absolute Gasteiger partial charge is 0.331 e. The molecule has 0 aromatic rings.